The van der Waals surface area contributed by atoms with Crippen molar-refractivity contribution in [3.63, 3.8) is 0 Å². The number of carboxylic acid groups (broad SMARTS) is 1. The van der Waals surface area contributed by atoms with Crippen molar-refractivity contribution in [2.24, 2.45) is 11.8 Å². The summed E-state index contributed by atoms with van der Waals surface area (Å²) in [6, 6.07) is 21.4. The van der Waals surface area contributed by atoms with Crippen LogP contribution in [0.25, 0.3) is 0 Å². The summed E-state index contributed by atoms with van der Waals surface area (Å²) in [5.41, 5.74) is 4.03. The smallest absolute Gasteiger partial charge is 0.308 e. The standard InChI is InChI=1S/C23H24N4O3S2.C14H15N3O4S2/c28-22(27-13-3-5-17-4-1-2-6-21(17)27)18-11-14-26(16-18)19-7-9-20(10-8-19)32(29,30)25-23-24-12-15-31-23;18-13(19)10-5-7-17(9-10)11-1-3-12(4-2-11)23(20,21)16-14-15-6-8-22-14/h1-2,4,6-10,12,15,18H,3,5,11,13-14,16H2,(H,24,25);1-4,6,8,10H,5,7,9H2,(H,15,16)(H,18,19). The molecule has 2 fully saturated rings. The van der Waals surface area contributed by atoms with Gasteiger partial charge in [-0.15, -0.1) is 22.7 Å². The molecule has 2 atom stereocenters. The van der Waals surface area contributed by atoms with E-state index in [1.54, 1.807) is 53.4 Å². The number of aliphatic carboxylic acids is 1. The highest BCUT2D eigenvalue weighted by molar-refractivity contribution is 7.93. The molecule has 2 aromatic heterocycles. The summed E-state index contributed by atoms with van der Waals surface area (Å²) in [6.45, 7) is 3.28. The molecule has 18 heteroatoms. The Morgan fingerprint density at radius 2 is 1.20 bits per heavy atom. The SMILES string of the molecule is O=C(C1CCN(c2ccc(S(=O)(=O)Nc3nccs3)cc2)C1)N1CCCc2ccccc21.O=C(O)C1CCN(c2ccc(S(=O)(=O)Nc3nccs3)cc2)C1. The molecule has 55 heavy (non-hydrogen) atoms. The molecule has 2 saturated heterocycles. The molecule has 14 nitrogen and oxygen atoms in total. The number of hydrogen-bond acceptors (Lipinski definition) is 12. The first kappa shape index (κ1) is 38.2. The number of hydrogen-bond donors (Lipinski definition) is 3. The molecule has 0 spiro atoms. The van der Waals surface area contributed by atoms with Crippen LogP contribution in [0.5, 0.6) is 0 Å². The molecular formula is C37H39N7O7S4. The number of carbonyl (C=O) groups is 2. The molecule has 5 aromatic rings. The Morgan fingerprint density at radius 1 is 0.691 bits per heavy atom. The van der Waals surface area contributed by atoms with Gasteiger partial charge in [-0.05, 0) is 85.8 Å². The van der Waals surface area contributed by atoms with E-state index >= 15 is 0 Å². The minimum Gasteiger partial charge on any atom is -0.481 e. The monoisotopic (exact) mass is 821 g/mol. The number of rotatable bonds is 10. The van der Waals surface area contributed by atoms with E-state index in [1.807, 2.05) is 28.0 Å². The molecule has 0 bridgehead atoms. The van der Waals surface area contributed by atoms with E-state index in [2.05, 4.69) is 30.4 Å². The maximum Gasteiger partial charge on any atom is 0.308 e. The number of benzene rings is 3. The lowest BCUT2D eigenvalue weighted by atomic mass is 9.99. The van der Waals surface area contributed by atoms with E-state index in [9.17, 15) is 26.4 Å². The zero-order valence-corrected chi connectivity index (χ0v) is 32.8. The summed E-state index contributed by atoms with van der Waals surface area (Å²) < 4.78 is 54.5. The largest absolute Gasteiger partial charge is 0.481 e. The first-order chi connectivity index (χ1) is 26.5. The van der Waals surface area contributed by atoms with Crippen LogP contribution in [-0.4, -0.2) is 76.5 Å². The maximum absolute atomic E-state index is 13.3. The predicted octanol–water partition coefficient (Wildman–Crippen LogP) is 5.60. The molecule has 2 unspecified atom stereocenters. The summed E-state index contributed by atoms with van der Waals surface area (Å²) >= 11 is 2.44. The van der Waals surface area contributed by atoms with Crippen LogP contribution < -0.4 is 24.1 Å². The number of fused-ring (bicyclic) bond motifs is 1. The predicted molar refractivity (Wildman–Crippen MR) is 214 cm³/mol. The Labute approximate surface area is 327 Å². The van der Waals surface area contributed by atoms with Crippen molar-refractivity contribution < 1.29 is 31.5 Å². The molecule has 8 rings (SSSR count). The van der Waals surface area contributed by atoms with Gasteiger partial charge in [-0.25, -0.2) is 26.8 Å². The highest BCUT2D eigenvalue weighted by Crippen LogP contribution is 2.32. The van der Waals surface area contributed by atoms with Crippen molar-refractivity contribution in [3.05, 3.63) is 102 Å². The Balaban J connectivity index is 0.000000179. The lowest BCUT2D eigenvalue weighted by Crippen LogP contribution is -2.40. The third-order valence-electron chi connectivity index (χ3n) is 9.78. The van der Waals surface area contributed by atoms with Gasteiger partial charge in [0.2, 0.25) is 5.91 Å². The lowest BCUT2D eigenvalue weighted by Gasteiger charge is -2.31. The molecule has 3 aliphatic rings. The summed E-state index contributed by atoms with van der Waals surface area (Å²) in [5.74, 6) is -1.04. The van der Waals surface area contributed by atoms with Crippen molar-refractivity contribution in [2.45, 2.75) is 35.5 Å². The first-order valence-electron chi connectivity index (χ1n) is 17.6. The van der Waals surface area contributed by atoms with Crippen LogP contribution in [0.3, 0.4) is 0 Å². The second-order valence-electron chi connectivity index (χ2n) is 13.3. The molecule has 288 valence electrons. The van der Waals surface area contributed by atoms with Gasteiger partial charge in [0.1, 0.15) is 0 Å². The molecular weight excluding hydrogens is 783 g/mol. The molecule has 0 saturated carbocycles. The maximum atomic E-state index is 13.3. The van der Waals surface area contributed by atoms with Crippen molar-refractivity contribution in [1.29, 1.82) is 0 Å². The van der Waals surface area contributed by atoms with Crippen LogP contribution in [0.2, 0.25) is 0 Å². The van der Waals surface area contributed by atoms with E-state index in [-0.39, 0.29) is 27.5 Å². The van der Waals surface area contributed by atoms with Gasteiger partial charge in [0.25, 0.3) is 20.0 Å². The van der Waals surface area contributed by atoms with E-state index in [1.165, 1.54) is 46.6 Å². The number of aryl methyl sites for hydroxylation is 1. The van der Waals surface area contributed by atoms with Gasteiger partial charge < -0.3 is 19.8 Å². The average Bonchev–Trinajstić information content (AvgIpc) is 4.04. The number of sulfonamides is 2. The Bertz CT molecular complexity index is 2320. The number of amides is 1. The van der Waals surface area contributed by atoms with Gasteiger partial charge in [-0.1, -0.05) is 18.2 Å². The number of para-hydroxylation sites is 1. The summed E-state index contributed by atoms with van der Waals surface area (Å²) in [4.78, 5) is 38.5. The Kier molecular flexibility index (Phi) is 11.4. The van der Waals surface area contributed by atoms with Crippen LogP contribution >= 0.6 is 22.7 Å². The van der Waals surface area contributed by atoms with Crippen molar-refractivity contribution in [1.82, 2.24) is 9.97 Å². The number of thiazole rings is 2. The molecule has 1 amide bonds. The van der Waals surface area contributed by atoms with Gasteiger partial charge in [0.15, 0.2) is 10.3 Å². The highest BCUT2D eigenvalue weighted by Gasteiger charge is 2.34. The fraction of sp³-hybridized carbons (Fsp3) is 0.297. The summed E-state index contributed by atoms with van der Waals surface area (Å²) in [5, 5.41) is 13.1. The number of nitrogens with one attached hydrogen (secondary N) is 2. The van der Waals surface area contributed by atoms with Gasteiger partial charge >= 0.3 is 5.97 Å². The van der Waals surface area contributed by atoms with Gasteiger partial charge in [-0.2, -0.15) is 0 Å². The van der Waals surface area contributed by atoms with E-state index in [4.69, 9.17) is 5.11 Å². The molecule has 5 heterocycles. The molecule has 0 radical (unpaired) electrons. The quantitative estimate of drug-likeness (QED) is 0.159. The van der Waals surface area contributed by atoms with Gasteiger partial charge in [-0.3, -0.25) is 19.0 Å². The van der Waals surface area contributed by atoms with Crippen molar-refractivity contribution in [3.8, 4) is 0 Å². The third-order valence-corrected chi connectivity index (χ3v) is 14.1. The number of carbonyl (C=O) groups excluding carboxylic acids is 1. The minimum absolute atomic E-state index is 0.0591. The Morgan fingerprint density at radius 3 is 1.69 bits per heavy atom. The van der Waals surface area contributed by atoms with Crippen molar-refractivity contribution >= 4 is 81.9 Å². The van der Waals surface area contributed by atoms with Crippen LogP contribution in [0.1, 0.15) is 24.8 Å². The number of nitrogens with zero attached hydrogens (tertiary/aromatic N) is 5. The minimum atomic E-state index is -3.67. The van der Waals surface area contributed by atoms with Crippen molar-refractivity contribution in [2.75, 3.05) is 56.9 Å². The summed E-state index contributed by atoms with van der Waals surface area (Å²) in [7, 11) is -7.33. The number of anilines is 5. The second kappa shape index (κ2) is 16.4. The molecule has 3 aromatic carbocycles. The normalized spacial score (nSPS) is 18.3. The molecule has 3 aliphatic heterocycles. The lowest BCUT2D eigenvalue weighted by molar-refractivity contribution is -0.140. The van der Waals surface area contributed by atoms with Crippen LogP contribution in [0.15, 0.2) is 106 Å². The number of carboxylic acids is 1. The van der Waals surface area contributed by atoms with E-state index in [0.717, 1.165) is 49.4 Å². The van der Waals surface area contributed by atoms with E-state index in [0.29, 0.717) is 36.3 Å². The van der Waals surface area contributed by atoms with Crippen LogP contribution in [-0.2, 0) is 36.1 Å². The Hall–Kier alpha value is -5.04. The molecule has 0 aliphatic carbocycles. The topological polar surface area (TPSA) is 182 Å². The molecule has 3 N–H and O–H groups in total. The third kappa shape index (κ3) is 8.93. The highest BCUT2D eigenvalue weighted by atomic mass is 32.2. The number of aromatic nitrogens is 2. The zero-order valence-electron chi connectivity index (χ0n) is 29.5. The summed E-state index contributed by atoms with van der Waals surface area (Å²) in [6.07, 6.45) is 6.48. The van der Waals surface area contributed by atoms with E-state index < -0.39 is 26.0 Å². The second-order valence-corrected chi connectivity index (χ2v) is 18.5. The average molecular weight is 822 g/mol. The fourth-order valence-electron chi connectivity index (χ4n) is 6.94. The fourth-order valence-corrected chi connectivity index (χ4v) is 10.5. The van der Waals surface area contributed by atoms with Gasteiger partial charge in [0, 0.05) is 72.9 Å². The zero-order chi connectivity index (χ0) is 38.6. The van der Waals surface area contributed by atoms with Crippen LogP contribution in [0.4, 0.5) is 27.3 Å². The van der Waals surface area contributed by atoms with Crippen LogP contribution in [0, 0.1) is 11.8 Å². The van der Waals surface area contributed by atoms with Gasteiger partial charge in [0.05, 0.1) is 21.6 Å². The first-order valence-corrected chi connectivity index (χ1v) is 22.4.